The standard InChI is InChI=1S/C19H25NO/c1-5-11-20-13-16-12-17(21-4)9-10-19(16)18-8-6-7-14(2)15(18)3/h6-10,12,20H,5,11,13H2,1-4H3. The van der Waals surface area contributed by atoms with Gasteiger partial charge in [0.25, 0.3) is 0 Å². The molecule has 0 aliphatic heterocycles. The van der Waals surface area contributed by atoms with Crippen LogP contribution in [0, 0.1) is 13.8 Å². The highest BCUT2D eigenvalue weighted by Gasteiger charge is 2.10. The van der Waals surface area contributed by atoms with E-state index in [0.717, 1.165) is 25.3 Å². The van der Waals surface area contributed by atoms with Crippen LogP contribution >= 0.6 is 0 Å². The van der Waals surface area contributed by atoms with E-state index in [9.17, 15) is 0 Å². The Labute approximate surface area is 128 Å². The molecular weight excluding hydrogens is 258 g/mol. The van der Waals surface area contributed by atoms with E-state index in [0.29, 0.717) is 0 Å². The predicted octanol–water partition coefficient (Wildman–Crippen LogP) is 4.48. The Bertz CT molecular complexity index is 605. The van der Waals surface area contributed by atoms with Crippen LogP contribution in [0.25, 0.3) is 11.1 Å². The fourth-order valence-electron chi connectivity index (χ4n) is 2.55. The normalized spacial score (nSPS) is 10.7. The molecule has 21 heavy (non-hydrogen) atoms. The van der Waals surface area contributed by atoms with Gasteiger partial charge in [0.1, 0.15) is 5.75 Å². The molecule has 0 radical (unpaired) electrons. The fraction of sp³-hybridized carbons (Fsp3) is 0.368. The first kappa shape index (κ1) is 15.6. The van der Waals surface area contributed by atoms with Crippen LogP contribution in [-0.2, 0) is 6.54 Å². The van der Waals surface area contributed by atoms with E-state index >= 15 is 0 Å². The van der Waals surface area contributed by atoms with Gasteiger partial charge in [0.2, 0.25) is 0 Å². The molecule has 2 heteroatoms. The Balaban J connectivity index is 2.43. The van der Waals surface area contributed by atoms with Crippen LogP contribution in [0.2, 0.25) is 0 Å². The van der Waals surface area contributed by atoms with Gasteiger partial charge in [-0.25, -0.2) is 0 Å². The lowest BCUT2D eigenvalue weighted by molar-refractivity contribution is 0.414. The molecule has 0 aliphatic rings. The van der Waals surface area contributed by atoms with Crippen LogP contribution in [-0.4, -0.2) is 13.7 Å². The lowest BCUT2D eigenvalue weighted by Gasteiger charge is -2.15. The zero-order valence-corrected chi connectivity index (χ0v) is 13.5. The number of hydrogen-bond acceptors (Lipinski definition) is 2. The zero-order chi connectivity index (χ0) is 15.2. The van der Waals surface area contributed by atoms with Gasteiger partial charge < -0.3 is 10.1 Å². The molecule has 112 valence electrons. The van der Waals surface area contributed by atoms with E-state index < -0.39 is 0 Å². The van der Waals surface area contributed by atoms with Crippen molar-refractivity contribution in [3.63, 3.8) is 0 Å². The molecular formula is C19H25NO. The molecule has 2 nitrogen and oxygen atoms in total. The second kappa shape index (κ2) is 7.28. The third kappa shape index (κ3) is 3.64. The third-order valence-electron chi connectivity index (χ3n) is 3.95. The molecule has 0 saturated heterocycles. The summed E-state index contributed by atoms with van der Waals surface area (Å²) < 4.78 is 5.38. The number of methoxy groups -OCH3 is 1. The quantitative estimate of drug-likeness (QED) is 0.789. The summed E-state index contributed by atoms with van der Waals surface area (Å²) in [5.41, 5.74) is 6.57. The Morgan fingerprint density at radius 1 is 1.05 bits per heavy atom. The fourth-order valence-corrected chi connectivity index (χ4v) is 2.55. The van der Waals surface area contributed by atoms with Gasteiger partial charge in [-0.15, -0.1) is 0 Å². The van der Waals surface area contributed by atoms with Gasteiger partial charge in [-0.2, -0.15) is 0 Å². The van der Waals surface area contributed by atoms with Crippen molar-refractivity contribution < 1.29 is 4.74 Å². The number of ether oxygens (including phenoxy) is 1. The third-order valence-corrected chi connectivity index (χ3v) is 3.95. The van der Waals surface area contributed by atoms with Gasteiger partial charge in [0, 0.05) is 6.54 Å². The predicted molar refractivity (Wildman–Crippen MR) is 89.9 cm³/mol. The highest BCUT2D eigenvalue weighted by atomic mass is 16.5. The van der Waals surface area contributed by atoms with Crippen molar-refractivity contribution in [2.45, 2.75) is 33.7 Å². The number of aryl methyl sites for hydroxylation is 1. The van der Waals surface area contributed by atoms with E-state index in [1.165, 1.54) is 27.8 Å². The Morgan fingerprint density at radius 3 is 2.57 bits per heavy atom. The van der Waals surface area contributed by atoms with Crippen LogP contribution in [0.1, 0.15) is 30.0 Å². The molecule has 0 fully saturated rings. The van der Waals surface area contributed by atoms with Gasteiger partial charge in [-0.1, -0.05) is 31.2 Å². The lowest BCUT2D eigenvalue weighted by atomic mass is 9.93. The van der Waals surface area contributed by atoms with E-state index in [4.69, 9.17) is 4.74 Å². The van der Waals surface area contributed by atoms with Gasteiger partial charge >= 0.3 is 0 Å². The molecule has 2 aromatic carbocycles. The molecule has 0 aliphatic carbocycles. The summed E-state index contributed by atoms with van der Waals surface area (Å²) >= 11 is 0. The summed E-state index contributed by atoms with van der Waals surface area (Å²) in [5.74, 6) is 0.914. The van der Waals surface area contributed by atoms with Crippen LogP contribution < -0.4 is 10.1 Å². The molecule has 0 spiro atoms. The minimum absolute atomic E-state index is 0.869. The van der Waals surface area contributed by atoms with Crippen molar-refractivity contribution in [1.29, 1.82) is 0 Å². The van der Waals surface area contributed by atoms with Gasteiger partial charge in [-0.05, 0) is 66.8 Å². The maximum absolute atomic E-state index is 5.38. The smallest absolute Gasteiger partial charge is 0.119 e. The highest BCUT2D eigenvalue weighted by molar-refractivity contribution is 5.72. The summed E-state index contributed by atoms with van der Waals surface area (Å²) in [4.78, 5) is 0. The average Bonchev–Trinajstić information content (AvgIpc) is 2.50. The Morgan fingerprint density at radius 2 is 1.86 bits per heavy atom. The number of benzene rings is 2. The highest BCUT2D eigenvalue weighted by Crippen LogP contribution is 2.31. The maximum Gasteiger partial charge on any atom is 0.119 e. The van der Waals surface area contributed by atoms with Crippen molar-refractivity contribution in [3.8, 4) is 16.9 Å². The molecule has 0 aromatic heterocycles. The molecule has 2 aromatic rings. The number of hydrogen-bond donors (Lipinski definition) is 1. The van der Waals surface area contributed by atoms with E-state index in [1.54, 1.807) is 7.11 Å². The molecule has 0 unspecified atom stereocenters. The van der Waals surface area contributed by atoms with E-state index in [-0.39, 0.29) is 0 Å². The largest absolute Gasteiger partial charge is 0.497 e. The van der Waals surface area contributed by atoms with Crippen LogP contribution in [0.15, 0.2) is 36.4 Å². The monoisotopic (exact) mass is 283 g/mol. The Hall–Kier alpha value is -1.80. The number of nitrogens with one attached hydrogen (secondary N) is 1. The number of rotatable bonds is 6. The molecule has 0 atom stereocenters. The minimum atomic E-state index is 0.869. The first-order chi connectivity index (χ1) is 10.2. The van der Waals surface area contributed by atoms with Crippen molar-refractivity contribution in [1.82, 2.24) is 5.32 Å². The summed E-state index contributed by atoms with van der Waals surface area (Å²) in [6.45, 7) is 8.44. The van der Waals surface area contributed by atoms with Gasteiger partial charge in [-0.3, -0.25) is 0 Å². The molecule has 0 heterocycles. The summed E-state index contributed by atoms with van der Waals surface area (Å²) in [5, 5.41) is 3.49. The summed E-state index contributed by atoms with van der Waals surface area (Å²) in [6.07, 6.45) is 1.14. The van der Waals surface area contributed by atoms with Crippen molar-refractivity contribution in [3.05, 3.63) is 53.1 Å². The van der Waals surface area contributed by atoms with Crippen molar-refractivity contribution >= 4 is 0 Å². The van der Waals surface area contributed by atoms with Crippen molar-refractivity contribution in [2.24, 2.45) is 0 Å². The van der Waals surface area contributed by atoms with Crippen molar-refractivity contribution in [2.75, 3.05) is 13.7 Å². The summed E-state index contributed by atoms with van der Waals surface area (Å²) in [7, 11) is 1.72. The molecule has 0 amide bonds. The zero-order valence-electron chi connectivity index (χ0n) is 13.5. The average molecular weight is 283 g/mol. The van der Waals surface area contributed by atoms with Crippen LogP contribution in [0.3, 0.4) is 0 Å². The van der Waals surface area contributed by atoms with E-state index in [1.807, 2.05) is 6.07 Å². The first-order valence-corrected chi connectivity index (χ1v) is 7.61. The second-order valence-corrected chi connectivity index (χ2v) is 5.45. The second-order valence-electron chi connectivity index (χ2n) is 5.45. The minimum Gasteiger partial charge on any atom is -0.497 e. The van der Waals surface area contributed by atoms with Gasteiger partial charge in [0.05, 0.1) is 7.11 Å². The van der Waals surface area contributed by atoms with E-state index in [2.05, 4.69) is 56.4 Å². The molecule has 0 bridgehead atoms. The lowest BCUT2D eigenvalue weighted by Crippen LogP contribution is -2.14. The first-order valence-electron chi connectivity index (χ1n) is 7.61. The summed E-state index contributed by atoms with van der Waals surface area (Å²) in [6, 6.07) is 12.8. The van der Waals surface area contributed by atoms with Crippen LogP contribution in [0.4, 0.5) is 0 Å². The molecule has 1 N–H and O–H groups in total. The molecule has 0 saturated carbocycles. The van der Waals surface area contributed by atoms with Crippen LogP contribution in [0.5, 0.6) is 5.75 Å². The maximum atomic E-state index is 5.38. The van der Waals surface area contributed by atoms with Gasteiger partial charge in [0.15, 0.2) is 0 Å². The Kier molecular flexibility index (Phi) is 5.40. The SMILES string of the molecule is CCCNCc1cc(OC)ccc1-c1cccc(C)c1C. The topological polar surface area (TPSA) is 21.3 Å². The molecule has 2 rings (SSSR count).